The van der Waals surface area contributed by atoms with Gasteiger partial charge in [-0.05, 0) is 54.5 Å². The monoisotopic (exact) mass is 568 g/mol. The van der Waals surface area contributed by atoms with Gasteiger partial charge >= 0.3 is 7.82 Å². The molecule has 3 N–H and O–H groups in total. The van der Waals surface area contributed by atoms with Gasteiger partial charge < -0.3 is 14.9 Å². The number of benzene rings is 1. The van der Waals surface area contributed by atoms with Crippen LogP contribution in [0, 0.1) is 0 Å². The number of rotatable bonds is 27. The Morgan fingerprint density at radius 3 is 1.26 bits per heavy atom. The van der Waals surface area contributed by atoms with E-state index in [-0.39, 0.29) is 6.61 Å². The van der Waals surface area contributed by atoms with Crippen LogP contribution in [-0.4, -0.2) is 14.9 Å². The van der Waals surface area contributed by atoms with E-state index >= 15 is 0 Å². The maximum atomic E-state index is 11.1. The lowest BCUT2D eigenvalue weighted by Crippen LogP contribution is -1.98. The minimum atomic E-state index is -4.52. The smallest absolute Gasteiger partial charge is 0.469 e. The van der Waals surface area contributed by atoms with E-state index in [1.807, 2.05) is 12.1 Å². The van der Waals surface area contributed by atoms with E-state index in [9.17, 15) is 9.67 Å². The summed E-state index contributed by atoms with van der Waals surface area (Å²) in [5, 5.41) is 10.7. The third-order valence-corrected chi connectivity index (χ3v) is 8.29. The van der Waals surface area contributed by atoms with Crippen molar-refractivity contribution in [2.24, 2.45) is 0 Å². The number of hydrogen-bond acceptors (Lipinski definition) is 3. The Bertz CT molecular complexity index is 761. The maximum Gasteiger partial charge on any atom is 0.469 e. The first-order valence-electron chi connectivity index (χ1n) is 16.4. The van der Waals surface area contributed by atoms with E-state index in [4.69, 9.17) is 14.3 Å². The Labute approximate surface area is 240 Å². The van der Waals surface area contributed by atoms with Gasteiger partial charge in [-0.1, -0.05) is 142 Å². The van der Waals surface area contributed by atoms with Crippen LogP contribution in [0.25, 0.3) is 0 Å². The lowest BCUT2D eigenvalue weighted by molar-refractivity contribution is 0.189. The Kier molecular flexibility index (Phi) is 22.1. The van der Waals surface area contributed by atoms with Crippen LogP contribution >= 0.6 is 7.82 Å². The first-order chi connectivity index (χ1) is 18.9. The van der Waals surface area contributed by atoms with Crippen LogP contribution in [0.4, 0.5) is 0 Å². The van der Waals surface area contributed by atoms with E-state index in [0.29, 0.717) is 11.3 Å². The van der Waals surface area contributed by atoms with Gasteiger partial charge in [-0.3, -0.25) is 4.52 Å². The molecule has 0 atom stereocenters. The zero-order chi connectivity index (χ0) is 28.6. The molecule has 0 bridgehead atoms. The van der Waals surface area contributed by atoms with Gasteiger partial charge in [0.15, 0.2) is 0 Å². The summed E-state index contributed by atoms with van der Waals surface area (Å²) in [6, 6.07) is 3.66. The zero-order valence-electron chi connectivity index (χ0n) is 25.4. The molecule has 0 radical (unpaired) electrons. The van der Waals surface area contributed by atoms with E-state index in [1.54, 1.807) is 0 Å². The molecule has 0 heterocycles. The molecule has 0 aromatic heterocycles. The molecule has 6 heteroatoms. The Morgan fingerprint density at radius 2 is 0.897 bits per heavy atom. The van der Waals surface area contributed by atoms with Crippen molar-refractivity contribution < 1.29 is 24.0 Å². The largest absolute Gasteiger partial charge is 0.507 e. The summed E-state index contributed by atoms with van der Waals surface area (Å²) in [6.45, 7) is 4.25. The highest BCUT2D eigenvalue weighted by molar-refractivity contribution is 7.46. The van der Waals surface area contributed by atoms with E-state index in [2.05, 4.69) is 13.8 Å². The Morgan fingerprint density at radius 1 is 0.564 bits per heavy atom. The van der Waals surface area contributed by atoms with Crippen molar-refractivity contribution in [2.45, 2.75) is 175 Å². The number of hydrogen-bond donors (Lipinski definition) is 3. The summed E-state index contributed by atoms with van der Waals surface area (Å²) in [6.07, 6.45) is 30.7. The van der Waals surface area contributed by atoms with Gasteiger partial charge in [-0.15, -0.1) is 0 Å². The lowest BCUT2D eigenvalue weighted by Gasteiger charge is -2.14. The Hall–Kier alpha value is -0.870. The predicted molar refractivity (Wildman–Crippen MR) is 165 cm³/mol. The van der Waals surface area contributed by atoms with Crippen molar-refractivity contribution in [2.75, 3.05) is 0 Å². The highest BCUT2D eigenvalue weighted by Gasteiger charge is 2.16. The van der Waals surface area contributed by atoms with Crippen molar-refractivity contribution in [3.63, 3.8) is 0 Å². The van der Waals surface area contributed by atoms with Crippen molar-refractivity contribution >= 4 is 7.82 Å². The third-order valence-electron chi connectivity index (χ3n) is 7.83. The molecule has 0 saturated carbocycles. The topological polar surface area (TPSA) is 87.0 Å². The normalized spacial score (nSPS) is 11.9. The molecule has 0 aliphatic heterocycles. The maximum absolute atomic E-state index is 11.1. The molecule has 0 spiro atoms. The standard InChI is InChI=1S/C33H61O5P/c1-3-5-7-8-9-10-11-12-13-14-15-16-17-18-19-20-21-22-23-24-26-32-28-30(29-38-39(35,36)37)27-31(33(32)34)25-6-4-2/h27-28,34H,3-26,29H2,1-2H3,(H2,35,36,37). The van der Waals surface area contributed by atoms with Gasteiger partial charge in [0.2, 0.25) is 0 Å². The Balaban J connectivity index is 2.08. The van der Waals surface area contributed by atoms with Gasteiger partial charge in [0, 0.05) is 0 Å². The van der Waals surface area contributed by atoms with Crippen LogP contribution in [0.2, 0.25) is 0 Å². The quantitative estimate of drug-likeness (QED) is 0.0726. The lowest BCUT2D eigenvalue weighted by atomic mass is 9.96. The number of unbranched alkanes of at least 4 members (excludes halogenated alkanes) is 20. The second kappa shape index (κ2) is 23.8. The fraction of sp³-hybridized carbons (Fsp3) is 0.818. The highest BCUT2D eigenvalue weighted by atomic mass is 31.2. The molecule has 1 aromatic carbocycles. The SMILES string of the molecule is CCCCCCCCCCCCCCCCCCCCCCc1cc(COP(=O)(O)O)cc(CCCC)c1O. The van der Waals surface area contributed by atoms with E-state index in [1.165, 1.54) is 116 Å². The molecular formula is C33H61O5P. The number of phenolic OH excluding ortho intramolecular Hbond substituents is 1. The number of phosphoric acid groups is 1. The molecule has 0 amide bonds. The molecule has 0 unspecified atom stereocenters. The van der Waals surface area contributed by atoms with Gasteiger partial charge in [0.25, 0.3) is 0 Å². The van der Waals surface area contributed by atoms with E-state index in [0.717, 1.165) is 49.7 Å². The summed E-state index contributed by atoms with van der Waals surface area (Å²) in [7, 11) is -4.52. The first kappa shape index (κ1) is 36.2. The highest BCUT2D eigenvalue weighted by Crippen LogP contribution is 2.38. The van der Waals surface area contributed by atoms with Crippen LogP contribution in [0.15, 0.2) is 12.1 Å². The second-order valence-electron chi connectivity index (χ2n) is 11.6. The summed E-state index contributed by atoms with van der Waals surface area (Å²) in [4.78, 5) is 18.1. The van der Waals surface area contributed by atoms with Gasteiger partial charge in [-0.25, -0.2) is 4.57 Å². The number of phenols is 1. The van der Waals surface area contributed by atoms with Crippen LogP contribution in [-0.2, 0) is 28.5 Å². The zero-order valence-corrected chi connectivity index (χ0v) is 26.3. The number of aryl methyl sites for hydroxylation is 2. The molecule has 0 saturated heterocycles. The van der Waals surface area contributed by atoms with Crippen molar-refractivity contribution in [1.29, 1.82) is 0 Å². The average Bonchev–Trinajstić information content (AvgIpc) is 2.90. The summed E-state index contributed by atoms with van der Waals surface area (Å²) >= 11 is 0. The van der Waals surface area contributed by atoms with Crippen LogP contribution < -0.4 is 0 Å². The van der Waals surface area contributed by atoms with Gasteiger partial charge in [0.1, 0.15) is 5.75 Å². The number of phosphoric ester groups is 1. The number of aromatic hydroxyl groups is 1. The molecule has 5 nitrogen and oxygen atoms in total. The first-order valence-corrected chi connectivity index (χ1v) is 17.9. The van der Waals surface area contributed by atoms with Crippen LogP contribution in [0.1, 0.15) is 172 Å². The summed E-state index contributed by atoms with van der Waals surface area (Å²) in [5.41, 5.74) is 2.44. The predicted octanol–water partition coefficient (Wildman–Crippen LogP) is 10.7. The molecule has 228 valence electrons. The minimum Gasteiger partial charge on any atom is -0.507 e. The van der Waals surface area contributed by atoms with Crippen molar-refractivity contribution in [3.05, 3.63) is 28.8 Å². The molecule has 0 aliphatic rings. The summed E-state index contributed by atoms with van der Waals surface area (Å²) < 4.78 is 15.8. The molecule has 1 aromatic rings. The molecular weight excluding hydrogens is 507 g/mol. The molecule has 1 rings (SSSR count). The molecule has 0 fully saturated rings. The second-order valence-corrected chi connectivity index (χ2v) is 12.8. The minimum absolute atomic E-state index is 0.143. The fourth-order valence-electron chi connectivity index (χ4n) is 5.39. The fourth-order valence-corrected chi connectivity index (χ4v) is 5.71. The average molecular weight is 569 g/mol. The van der Waals surface area contributed by atoms with Crippen LogP contribution in [0.5, 0.6) is 5.75 Å². The summed E-state index contributed by atoms with van der Waals surface area (Å²) in [5.74, 6) is 0.348. The van der Waals surface area contributed by atoms with Gasteiger partial charge in [0.05, 0.1) is 6.61 Å². The van der Waals surface area contributed by atoms with Gasteiger partial charge in [-0.2, -0.15) is 0 Å². The molecule has 39 heavy (non-hydrogen) atoms. The van der Waals surface area contributed by atoms with E-state index < -0.39 is 7.82 Å². The third kappa shape index (κ3) is 20.6. The van der Waals surface area contributed by atoms with Crippen molar-refractivity contribution in [3.8, 4) is 5.75 Å². The van der Waals surface area contributed by atoms with Crippen molar-refractivity contribution in [1.82, 2.24) is 0 Å². The van der Waals surface area contributed by atoms with Crippen LogP contribution in [0.3, 0.4) is 0 Å². The molecule has 0 aliphatic carbocycles.